The lowest BCUT2D eigenvalue weighted by atomic mass is 9.63. The van der Waals surface area contributed by atoms with Crippen LogP contribution >= 0.6 is 11.6 Å². The maximum Gasteiger partial charge on any atom is 0.238 e. The van der Waals surface area contributed by atoms with Crippen LogP contribution in [0, 0.1) is 35.5 Å². The number of hydrogen-bond acceptors (Lipinski definition) is 4. The summed E-state index contributed by atoms with van der Waals surface area (Å²) in [6.45, 7) is 0.492. The highest BCUT2D eigenvalue weighted by molar-refractivity contribution is 6.32. The number of nitrogens with zero attached hydrogens (tertiary/aromatic N) is 1. The van der Waals surface area contributed by atoms with E-state index in [1.54, 1.807) is 7.11 Å². The number of carbonyl (C=O) groups is 2. The van der Waals surface area contributed by atoms with Gasteiger partial charge in [0, 0.05) is 6.42 Å². The first-order valence-corrected chi connectivity index (χ1v) is 11.6. The predicted molar refractivity (Wildman–Crippen MR) is 121 cm³/mol. The third-order valence-corrected chi connectivity index (χ3v) is 7.93. The van der Waals surface area contributed by atoms with E-state index in [2.05, 4.69) is 12.2 Å². The highest BCUT2D eigenvalue weighted by atomic mass is 35.5. The Labute approximate surface area is 191 Å². The molecule has 1 heterocycles. The molecule has 1 saturated heterocycles. The Morgan fingerprint density at radius 2 is 1.62 bits per heavy atom. The number of rotatable bonds is 6. The van der Waals surface area contributed by atoms with Crippen LogP contribution in [0.15, 0.2) is 54.6 Å². The maximum atomic E-state index is 13.2. The molecule has 0 radical (unpaired) electrons. The van der Waals surface area contributed by atoms with Crippen molar-refractivity contribution in [3.63, 3.8) is 0 Å². The van der Waals surface area contributed by atoms with E-state index in [-0.39, 0.29) is 35.5 Å². The van der Waals surface area contributed by atoms with Gasteiger partial charge in [0.25, 0.3) is 0 Å². The minimum absolute atomic E-state index is 0.0326. The van der Waals surface area contributed by atoms with Gasteiger partial charge in [-0.15, -0.1) is 0 Å². The van der Waals surface area contributed by atoms with Crippen LogP contribution in [-0.2, 0) is 16.0 Å². The second-order valence-corrected chi connectivity index (χ2v) is 9.63. The molecule has 7 rings (SSSR count). The standard InChI is InChI=1S/C26H24ClNO4/c1-31-22-9-2-14(12-21(22)27)10-11-32-16-5-3-15(4-6-16)28-25(29)23-17-7-8-18(20-13-19(17)20)24(23)26(28)30/h2-9,12,17-20,23-24H,10-11,13H2,1H3. The quantitative estimate of drug-likeness (QED) is 0.480. The van der Waals surface area contributed by atoms with E-state index in [1.807, 2.05) is 42.5 Å². The molecular weight excluding hydrogens is 426 g/mol. The van der Waals surface area contributed by atoms with E-state index in [9.17, 15) is 9.59 Å². The summed E-state index contributed by atoms with van der Waals surface area (Å²) in [6.07, 6.45) is 6.27. The minimum Gasteiger partial charge on any atom is -0.495 e. The molecule has 5 nitrogen and oxygen atoms in total. The van der Waals surface area contributed by atoms with Gasteiger partial charge in [0.05, 0.1) is 36.3 Å². The van der Waals surface area contributed by atoms with Gasteiger partial charge >= 0.3 is 0 Å². The Hall–Kier alpha value is -2.79. The van der Waals surface area contributed by atoms with Crippen molar-refractivity contribution in [2.24, 2.45) is 35.5 Å². The van der Waals surface area contributed by atoms with E-state index in [1.165, 1.54) is 11.3 Å². The summed E-state index contributed by atoms with van der Waals surface area (Å²) in [7, 11) is 1.59. The average Bonchev–Trinajstić information content (AvgIpc) is 3.58. The van der Waals surface area contributed by atoms with Gasteiger partial charge in [-0.2, -0.15) is 0 Å². The van der Waals surface area contributed by atoms with Crippen molar-refractivity contribution >= 4 is 29.1 Å². The van der Waals surface area contributed by atoms with Gasteiger partial charge in [-0.25, -0.2) is 0 Å². The molecule has 6 atom stereocenters. The lowest BCUT2D eigenvalue weighted by Crippen LogP contribution is -2.40. The number of halogens is 1. The van der Waals surface area contributed by atoms with Gasteiger partial charge in [-0.05, 0) is 72.1 Å². The summed E-state index contributed by atoms with van der Waals surface area (Å²) in [4.78, 5) is 27.8. The Morgan fingerprint density at radius 1 is 0.969 bits per heavy atom. The van der Waals surface area contributed by atoms with Crippen LogP contribution in [0.2, 0.25) is 5.02 Å². The van der Waals surface area contributed by atoms with Crippen LogP contribution in [0.1, 0.15) is 12.0 Å². The fourth-order valence-corrected chi connectivity index (χ4v) is 6.34. The first-order chi connectivity index (χ1) is 15.6. The van der Waals surface area contributed by atoms with Gasteiger partial charge < -0.3 is 9.47 Å². The first kappa shape index (κ1) is 19.9. The van der Waals surface area contributed by atoms with E-state index in [0.29, 0.717) is 47.1 Å². The molecule has 2 aromatic rings. The van der Waals surface area contributed by atoms with Gasteiger partial charge in [0.15, 0.2) is 0 Å². The highest BCUT2D eigenvalue weighted by Gasteiger charge is 2.67. The Kier molecular flexibility index (Phi) is 4.58. The van der Waals surface area contributed by atoms with Crippen molar-refractivity contribution < 1.29 is 19.1 Å². The smallest absolute Gasteiger partial charge is 0.238 e. The zero-order valence-corrected chi connectivity index (χ0v) is 18.5. The highest BCUT2D eigenvalue weighted by Crippen LogP contribution is 2.65. The zero-order valence-electron chi connectivity index (χ0n) is 17.7. The van der Waals surface area contributed by atoms with Crippen LogP contribution in [0.4, 0.5) is 5.69 Å². The largest absolute Gasteiger partial charge is 0.495 e. The molecule has 2 aromatic carbocycles. The number of allylic oxidation sites excluding steroid dienone is 2. The first-order valence-electron chi connectivity index (χ1n) is 11.2. The molecular formula is C26H24ClNO4. The molecule has 6 unspecified atom stereocenters. The average molecular weight is 450 g/mol. The molecule has 3 fully saturated rings. The lowest BCUT2D eigenvalue weighted by Gasteiger charge is -2.37. The minimum atomic E-state index is -0.173. The van der Waals surface area contributed by atoms with Gasteiger partial charge in [-0.3, -0.25) is 14.5 Å². The molecule has 2 saturated carbocycles. The summed E-state index contributed by atoms with van der Waals surface area (Å²) in [6, 6.07) is 13.0. The number of imide groups is 1. The number of benzene rings is 2. The maximum absolute atomic E-state index is 13.2. The number of hydrogen-bond donors (Lipinski definition) is 0. The number of anilines is 1. The van der Waals surface area contributed by atoms with Crippen LogP contribution in [0.3, 0.4) is 0 Å². The Morgan fingerprint density at radius 3 is 2.22 bits per heavy atom. The molecule has 0 spiro atoms. The third kappa shape index (κ3) is 2.98. The third-order valence-electron chi connectivity index (χ3n) is 7.63. The van der Waals surface area contributed by atoms with Crippen molar-refractivity contribution in [2.45, 2.75) is 12.8 Å². The second-order valence-electron chi connectivity index (χ2n) is 9.23. The van der Waals surface area contributed by atoms with E-state index >= 15 is 0 Å². The molecule has 2 bridgehead atoms. The van der Waals surface area contributed by atoms with Gasteiger partial charge in [0.2, 0.25) is 11.8 Å². The molecule has 32 heavy (non-hydrogen) atoms. The fourth-order valence-electron chi connectivity index (χ4n) is 6.06. The van der Waals surface area contributed by atoms with E-state index in [0.717, 1.165) is 5.56 Å². The number of ether oxygens (including phenoxy) is 2. The Bertz CT molecular complexity index is 1090. The summed E-state index contributed by atoms with van der Waals surface area (Å²) >= 11 is 6.18. The summed E-state index contributed by atoms with van der Waals surface area (Å²) in [5.74, 6) is 2.65. The normalized spacial score (nSPS) is 31.5. The lowest BCUT2D eigenvalue weighted by molar-refractivity contribution is -0.124. The van der Waals surface area contributed by atoms with Crippen LogP contribution in [0.5, 0.6) is 11.5 Å². The Balaban J connectivity index is 1.12. The number of carbonyl (C=O) groups excluding carboxylic acids is 2. The predicted octanol–water partition coefficient (Wildman–Crippen LogP) is 4.53. The molecule has 6 heteroatoms. The van der Waals surface area contributed by atoms with Crippen molar-refractivity contribution in [2.75, 3.05) is 18.6 Å². The monoisotopic (exact) mass is 449 g/mol. The molecule has 0 aromatic heterocycles. The van der Waals surface area contributed by atoms with Crippen LogP contribution < -0.4 is 14.4 Å². The van der Waals surface area contributed by atoms with Crippen molar-refractivity contribution in [1.29, 1.82) is 0 Å². The van der Waals surface area contributed by atoms with Crippen LogP contribution in [0.25, 0.3) is 0 Å². The molecule has 0 N–H and O–H groups in total. The second kappa shape index (κ2) is 7.38. The van der Waals surface area contributed by atoms with E-state index < -0.39 is 0 Å². The number of methoxy groups -OCH3 is 1. The zero-order chi connectivity index (χ0) is 22.0. The summed E-state index contributed by atoms with van der Waals surface area (Å²) in [5, 5.41) is 0.579. The summed E-state index contributed by atoms with van der Waals surface area (Å²) in [5.41, 5.74) is 1.70. The van der Waals surface area contributed by atoms with Crippen molar-refractivity contribution in [1.82, 2.24) is 0 Å². The number of amides is 2. The molecule has 5 aliphatic rings. The summed E-state index contributed by atoms with van der Waals surface area (Å²) < 4.78 is 11.0. The molecule has 2 amide bonds. The van der Waals surface area contributed by atoms with Crippen molar-refractivity contribution in [3.8, 4) is 11.5 Å². The van der Waals surface area contributed by atoms with Gasteiger partial charge in [-0.1, -0.05) is 29.8 Å². The molecule has 164 valence electrons. The van der Waals surface area contributed by atoms with Gasteiger partial charge in [0.1, 0.15) is 11.5 Å². The molecule has 1 aliphatic heterocycles. The van der Waals surface area contributed by atoms with Crippen molar-refractivity contribution in [3.05, 3.63) is 65.2 Å². The van der Waals surface area contributed by atoms with Crippen LogP contribution in [-0.4, -0.2) is 25.5 Å². The SMILES string of the molecule is COc1ccc(CCOc2ccc(N3C(=O)C4C5C=CC(C6CC56)C4C3=O)cc2)cc1Cl. The van der Waals surface area contributed by atoms with E-state index in [4.69, 9.17) is 21.1 Å². The topological polar surface area (TPSA) is 55.8 Å². The fraction of sp³-hybridized carbons (Fsp3) is 0.385. The molecule has 4 aliphatic carbocycles.